The Morgan fingerprint density at radius 3 is 2.45 bits per heavy atom. The molecule has 0 amide bonds. The molecule has 3 heteroatoms. The molecule has 0 saturated carbocycles. The molecule has 0 bridgehead atoms. The van der Waals surface area contributed by atoms with Crippen molar-refractivity contribution in [1.82, 2.24) is 10.3 Å². The van der Waals surface area contributed by atoms with Crippen LogP contribution >= 0.6 is 0 Å². The van der Waals surface area contributed by atoms with Gasteiger partial charge >= 0.3 is 0 Å². The number of rotatable bonds is 7. The molecular weight excluding hydrogens is 246 g/mol. The molecule has 0 radical (unpaired) electrons. The van der Waals surface area contributed by atoms with E-state index in [1.807, 2.05) is 6.08 Å². The number of hydrogen-bond donors (Lipinski definition) is 1. The zero-order chi connectivity index (χ0) is 15.3. The third-order valence-electron chi connectivity index (χ3n) is 3.36. The molecule has 0 saturated heterocycles. The lowest BCUT2D eigenvalue weighted by molar-refractivity contribution is 0.583. The van der Waals surface area contributed by atoms with E-state index in [0.29, 0.717) is 12.1 Å². The fourth-order valence-corrected chi connectivity index (χ4v) is 2.29. The van der Waals surface area contributed by atoms with Crippen LogP contribution < -0.4 is 10.2 Å². The van der Waals surface area contributed by atoms with Crippen molar-refractivity contribution in [3.63, 3.8) is 0 Å². The molecule has 0 aliphatic heterocycles. The van der Waals surface area contributed by atoms with Crippen molar-refractivity contribution in [2.24, 2.45) is 0 Å². The molecule has 1 N–H and O–H groups in total. The molecule has 1 rings (SSSR count). The van der Waals surface area contributed by atoms with E-state index >= 15 is 0 Å². The largest absolute Gasteiger partial charge is 0.350 e. The summed E-state index contributed by atoms with van der Waals surface area (Å²) in [6.45, 7) is 18.5. The van der Waals surface area contributed by atoms with E-state index in [-0.39, 0.29) is 0 Å². The van der Waals surface area contributed by atoms with Crippen LogP contribution in [-0.2, 0) is 6.54 Å². The van der Waals surface area contributed by atoms with Gasteiger partial charge in [-0.05, 0) is 39.3 Å². The molecule has 1 heterocycles. The van der Waals surface area contributed by atoms with Gasteiger partial charge in [0.25, 0.3) is 0 Å². The maximum atomic E-state index is 4.79. The first-order chi connectivity index (χ1) is 9.36. The SMILES string of the molecule is C=CCN(c1nc(C)cc(C)c1CNC(C)C)C(C)C. The van der Waals surface area contributed by atoms with Crippen LogP contribution in [0.4, 0.5) is 5.82 Å². The molecule has 3 nitrogen and oxygen atoms in total. The predicted molar refractivity (Wildman–Crippen MR) is 88.4 cm³/mol. The monoisotopic (exact) mass is 275 g/mol. The summed E-state index contributed by atoms with van der Waals surface area (Å²) in [5.41, 5.74) is 3.66. The van der Waals surface area contributed by atoms with Crippen molar-refractivity contribution < 1.29 is 0 Å². The Labute approximate surface area is 124 Å². The van der Waals surface area contributed by atoms with Gasteiger partial charge in [-0.15, -0.1) is 6.58 Å². The standard InChI is InChI=1S/C17H29N3/c1-8-9-20(13(4)5)17-16(11-18-12(2)3)14(6)10-15(7)19-17/h8,10,12-13,18H,1,9,11H2,2-7H3. The highest BCUT2D eigenvalue weighted by Crippen LogP contribution is 2.24. The predicted octanol–water partition coefficient (Wildman–Crippen LogP) is 3.60. The minimum Gasteiger partial charge on any atom is -0.350 e. The normalized spacial score (nSPS) is 11.2. The lowest BCUT2D eigenvalue weighted by Crippen LogP contribution is -2.34. The van der Waals surface area contributed by atoms with E-state index < -0.39 is 0 Å². The van der Waals surface area contributed by atoms with Crippen molar-refractivity contribution in [2.45, 2.75) is 60.2 Å². The number of aromatic nitrogens is 1. The topological polar surface area (TPSA) is 28.2 Å². The van der Waals surface area contributed by atoms with E-state index in [4.69, 9.17) is 4.98 Å². The molecule has 112 valence electrons. The molecule has 0 aliphatic carbocycles. The lowest BCUT2D eigenvalue weighted by Gasteiger charge is -2.30. The zero-order valence-electron chi connectivity index (χ0n) is 13.8. The van der Waals surface area contributed by atoms with Gasteiger partial charge < -0.3 is 10.2 Å². The van der Waals surface area contributed by atoms with Gasteiger partial charge in [-0.3, -0.25) is 0 Å². The summed E-state index contributed by atoms with van der Waals surface area (Å²) in [6.07, 6.45) is 1.94. The van der Waals surface area contributed by atoms with Crippen LogP contribution in [0, 0.1) is 13.8 Å². The number of nitrogens with one attached hydrogen (secondary N) is 1. The molecule has 1 aromatic rings. The summed E-state index contributed by atoms with van der Waals surface area (Å²) in [7, 11) is 0. The lowest BCUT2D eigenvalue weighted by atomic mass is 10.1. The molecule has 0 spiro atoms. The summed E-state index contributed by atoms with van der Waals surface area (Å²) >= 11 is 0. The summed E-state index contributed by atoms with van der Waals surface area (Å²) in [4.78, 5) is 7.10. The van der Waals surface area contributed by atoms with E-state index in [1.165, 1.54) is 11.1 Å². The Morgan fingerprint density at radius 2 is 1.95 bits per heavy atom. The quantitative estimate of drug-likeness (QED) is 0.771. The minimum atomic E-state index is 0.402. The summed E-state index contributed by atoms with van der Waals surface area (Å²) in [6, 6.07) is 3.03. The van der Waals surface area contributed by atoms with Gasteiger partial charge in [0.2, 0.25) is 0 Å². The average Bonchev–Trinajstić information content (AvgIpc) is 2.33. The Kier molecular flexibility index (Phi) is 6.21. The van der Waals surface area contributed by atoms with Crippen molar-refractivity contribution >= 4 is 5.82 Å². The van der Waals surface area contributed by atoms with Gasteiger partial charge in [-0.25, -0.2) is 4.98 Å². The minimum absolute atomic E-state index is 0.402. The Balaban J connectivity index is 3.22. The second-order valence-electron chi connectivity index (χ2n) is 5.95. The maximum absolute atomic E-state index is 4.79. The molecule has 0 fully saturated rings. The number of nitrogens with zero attached hydrogens (tertiary/aromatic N) is 2. The van der Waals surface area contributed by atoms with Crippen molar-refractivity contribution in [2.75, 3.05) is 11.4 Å². The maximum Gasteiger partial charge on any atom is 0.134 e. The summed E-state index contributed by atoms with van der Waals surface area (Å²) < 4.78 is 0. The van der Waals surface area contributed by atoms with E-state index in [0.717, 1.165) is 24.6 Å². The first-order valence-corrected chi connectivity index (χ1v) is 7.44. The molecule has 0 aromatic carbocycles. The molecule has 0 atom stereocenters. The number of hydrogen-bond acceptors (Lipinski definition) is 3. The number of aryl methyl sites for hydroxylation is 2. The summed E-state index contributed by atoms with van der Waals surface area (Å²) in [5, 5.41) is 3.51. The van der Waals surface area contributed by atoms with Crippen molar-refractivity contribution in [3.05, 3.63) is 35.5 Å². The first kappa shape index (κ1) is 16.7. The van der Waals surface area contributed by atoms with E-state index in [9.17, 15) is 0 Å². The second kappa shape index (κ2) is 7.44. The zero-order valence-corrected chi connectivity index (χ0v) is 13.8. The first-order valence-electron chi connectivity index (χ1n) is 7.44. The van der Waals surface area contributed by atoms with Crippen LogP contribution in [0.1, 0.15) is 44.5 Å². The van der Waals surface area contributed by atoms with E-state index in [1.54, 1.807) is 0 Å². The van der Waals surface area contributed by atoms with Gasteiger partial charge in [-0.2, -0.15) is 0 Å². The molecule has 0 unspecified atom stereocenters. The van der Waals surface area contributed by atoms with Gasteiger partial charge in [0, 0.05) is 36.4 Å². The fourth-order valence-electron chi connectivity index (χ4n) is 2.29. The van der Waals surface area contributed by atoms with Crippen LogP contribution in [0.3, 0.4) is 0 Å². The van der Waals surface area contributed by atoms with Crippen LogP contribution in [0.5, 0.6) is 0 Å². The molecular formula is C17H29N3. The van der Waals surface area contributed by atoms with Gasteiger partial charge in [0.15, 0.2) is 0 Å². The Bertz CT molecular complexity index is 450. The summed E-state index contributed by atoms with van der Waals surface area (Å²) in [5.74, 6) is 1.09. The second-order valence-corrected chi connectivity index (χ2v) is 5.95. The molecule has 1 aromatic heterocycles. The van der Waals surface area contributed by atoms with Gasteiger partial charge in [0.05, 0.1) is 0 Å². The van der Waals surface area contributed by atoms with E-state index in [2.05, 4.69) is 64.4 Å². The van der Waals surface area contributed by atoms with Gasteiger partial charge in [-0.1, -0.05) is 19.9 Å². The fraction of sp³-hybridized carbons (Fsp3) is 0.588. The molecule has 0 aliphatic rings. The Hall–Kier alpha value is -1.35. The highest BCUT2D eigenvalue weighted by molar-refractivity contribution is 5.52. The third kappa shape index (κ3) is 4.34. The number of pyridine rings is 1. The van der Waals surface area contributed by atoms with Crippen molar-refractivity contribution in [3.8, 4) is 0 Å². The average molecular weight is 275 g/mol. The Morgan fingerprint density at radius 1 is 1.30 bits per heavy atom. The van der Waals surface area contributed by atoms with Crippen LogP contribution in [0.2, 0.25) is 0 Å². The highest BCUT2D eigenvalue weighted by atomic mass is 15.2. The molecule has 20 heavy (non-hydrogen) atoms. The third-order valence-corrected chi connectivity index (χ3v) is 3.36. The van der Waals surface area contributed by atoms with Crippen molar-refractivity contribution in [1.29, 1.82) is 0 Å². The van der Waals surface area contributed by atoms with Gasteiger partial charge in [0.1, 0.15) is 5.82 Å². The van der Waals surface area contributed by atoms with Crippen LogP contribution in [0.25, 0.3) is 0 Å². The highest BCUT2D eigenvalue weighted by Gasteiger charge is 2.17. The smallest absolute Gasteiger partial charge is 0.134 e. The number of anilines is 1. The van der Waals surface area contributed by atoms with Crippen LogP contribution in [-0.4, -0.2) is 23.6 Å². The van der Waals surface area contributed by atoms with Crippen LogP contribution in [0.15, 0.2) is 18.7 Å².